The Kier molecular flexibility index (Phi) is 6.93. The van der Waals surface area contributed by atoms with Crippen LogP contribution in [0, 0.1) is 0 Å². The summed E-state index contributed by atoms with van der Waals surface area (Å²) in [6, 6.07) is 17.9. The molecule has 160 valence electrons. The third-order valence-electron chi connectivity index (χ3n) is 5.91. The second-order valence-electron chi connectivity index (χ2n) is 8.85. The summed E-state index contributed by atoms with van der Waals surface area (Å²) in [5.74, 6) is 0.486. The number of para-hydroxylation sites is 1. The molecular formula is C25H33N3O2. The smallest absolute Gasteiger partial charge is 0.238 e. The first-order valence-electron chi connectivity index (χ1n) is 10.7. The lowest BCUT2D eigenvalue weighted by atomic mass is 9.83. The molecule has 0 radical (unpaired) electrons. The maximum Gasteiger partial charge on any atom is 0.238 e. The van der Waals surface area contributed by atoms with Gasteiger partial charge in [0.1, 0.15) is 0 Å². The Labute approximate surface area is 180 Å². The highest BCUT2D eigenvalue weighted by molar-refractivity contribution is 5.93. The van der Waals surface area contributed by atoms with Gasteiger partial charge in [0.15, 0.2) is 0 Å². The Hall–Kier alpha value is -2.66. The third-order valence-corrected chi connectivity index (χ3v) is 5.91. The molecular weight excluding hydrogens is 374 g/mol. The number of nitrogens with zero attached hydrogens (tertiary/aromatic N) is 2. The normalized spacial score (nSPS) is 15.3. The van der Waals surface area contributed by atoms with Gasteiger partial charge < -0.3 is 10.2 Å². The summed E-state index contributed by atoms with van der Waals surface area (Å²) in [5, 5.41) is 3.06. The van der Waals surface area contributed by atoms with Crippen LogP contribution in [-0.2, 0) is 15.0 Å². The van der Waals surface area contributed by atoms with Crippen molar-refractivity contribution in [2.75, 3.05) is 38.0 Å². The van der Waals surface area contributed by atoms with Crippen molar-refractivity contribution in [1.29, 1.82) is 0 Å². The molecule has 5 nitrogen and oxygen atoms in total. The number of rotatable bonds is 6. The number of carbonyl (C=O) groups excluding carboxylic acids is 2. The van der Waals surface area contributed by atoms with E-state index in [0.29, 0.717) is 38.6 Å². The zero-order valence-electron chi connectivity index (χ0n) is 18.5. The van der Waals surface area contributed by atoms with Gasteiger partial charge >= 0.3 is 0 Å². The van der Waals surface area contributed by atoms with Crippen LogP contribution in [0.3, 0.4) is 0 Å². The van der Waals surface area contributed by atoms with Gasteiger partial charge in [-0.25, -0.2) is 0 Å². The van der Waals surface area contributed by atoms with Gasteiger partial charge in [0, 0.05) is 31.9 Å². The van der Waals surface area contributed by atoms with Crippen LogP contribution < -0.4 is 5.32 Å². The van der Waals surface area contributed by atoms with Gasteiger partial charge in [-0.3, -0.25) is 14.5 Å². The SMILES string of the molecule is CC(C)c1ccccc1NC(=O)CN1CCN(C(=O)C(C)(C)c2ccccc2)CC1. The fraction of sp³-hybridized carbons (Fsp3) is 0.440. The number of hydrogen-bond donors (Lipinski definition) is 1. The van der Waals surface area contributed by atoms with Gasteiger partial charge in [-0.2, -0.15) is 0 Å². The first-order valence-corrected chi connectivity index (χ1v) is 10.7. The van der Waals surface area contributed by atoms with Crippen LogP contribution in [-0.4, -0.2) is 54.3 Å². The second-order valence-corrected chi connectivity index (χ2v) is 8.85. The van der Waals surface area contributed by atoms with E-state index in [2.05, 4.69) is 30.1 Å². The minimum atomic E-state index is -0.554. The number of hydrogen-bond acceptors (Lipinski definition) is 3. The number of carbonyl (C=O) groups is 2. The van der Waals surface area contributed by atoms with Crippen LogP contribution in [0.15, 0.2) is 54.6 Å². The molecule has 1 N–H and O–H groups in total. The van der Waals surface area contributed by atoms with E-state index in [-0.39, 0.29) is 11.8 Å². The van der Waals surface area contributed by atoms with Crippen LogP contribution in [0.1, 0.15) is 44.7 Å². The number of piperazine rings is 1. The highest BCUT2D eigenvalue weighted by Crippen LogP contribution is 2.26. The lowest BCUT2D eigenvalue weighted by Gasteiger charge is -2.38. The number of amides is 2. The van der Waals surface area contributed by atoms with Crippen molar-refractivity contribution in [3.8, 4) is 0 Å². The topological polar surface area (TPSA) is 52.7 Å². The van der Waals surface area contributed by atoms with E-state index in [1.54, 1.807) is 0 Å². The van der Waals surface area contributed by atoms with Crippen LogP contribution in [0.25, 0.3) is 0 Å². The Morgan fingerprint density at radius 3 is 2.17 bits per heavy atom. The zero-order chi connectivity index (χ0) is 21.7. The van der Waals surface area contributed by atoms with E-state index >= 15 is 0 Å². The van der Waals surface area contributed by atoms with E-state index in [1.165, 1.54) is 0 Å². The molecule has 5 heteroatoms. The Morgan fingerprint density at radius 2 is 1.53 bits per heavy atom. The summed E-state index contributed by atoms with van der Waals surface area (Å²) in [4.78, 5) is 29.7. The van der Waals surface area contributed by atoms with Crippen LogP contribution in [0.2, 0.25) is 0 Å². The highest BCUT2D eigenvalue weighted by atomic mass is 16.2. The molecule has 2 aromatic rings. The molecule has 1 aliphatic rings. The van der Waals surface area contributed by atoms with Crippen LogP contribution in [0.4, 0.5) is 5.69 Å². The van der Waals surface area contributed by atoms with E-state index in [9.17, 15) is 9.59 Å². The van der Waals surface area contributed by atoms with Gasteiger partial charge in [0.05, 0.1) is 12.0 Å². The Bertz CT molecular complexity index is 869. The van der Waals surface area contributed by atoms with Crippen molar-refractivity contribution < 1.29 is 9.59 Å². The summed E-state index contributed by atoms with van der Waals surface area (Å²) >= 11 is 0. The fourth-order valence-corrected chi connectivity index (χ4v) is 3.99. The maximum absolute atomic E-state index is 13.1. The first-order chi connectivity index (χ1) is 14.3. The predicted octanol–water partition coefficient (Wildman–Crippen LogP) is 3.87. The van der Waals surface area contributed by atoms with Gasteiger partial charge in [0.25, 0.3) is 0 Å². The second kappa shape index (κ2) is 9.43. The molecule has 1 heterocycles. The fourth-order valence-electron chi connectivity index (χ4n) is 3.99. The molecule has 0 bridgehead atoms. The van der Waals surface area contributed by atoms with Gasteiger partial charge in [0.2, 0.25) is 11.8 Å². The van der Waals surface area contributed by atoms with E-state index in [0.717, 1.165) is 16.8 Å². The van der Waals surface area contributed by atoms with E-state index < -0.39 is 5.41 Å². The molecule has 0 aromatic heterocycles. The van der Waals surface area contributed by atoms with Gasteiger partial charge in [-0.15, -0.1) is 0 Å². The van der Waals surface area contributed by atoms with Gasteiger partial charge in [-0.1, -0.05) is 62.4 Å². The summed E-state index contributed by atoms with van der Waals surface area (Å²) in [7, 11) is 0. The number of nitrogens with one attached hydrogen (secondary N) is 1. The van der Waals surface area contributed by atoms with Crippen LogP contribution >= 0.6 is 0 Å². The molecule has 30 heavy (non-hydrogen) atoms. The molecule has 0 unspecified atom stereocenters. The minimum absolute atomic E-state index is 0.00695. The molecule has 1 aliphatic heterocycles. The third kappa shape index (κ3) is 5.08. The molecule has 3 rings (SSSR count). The first kappa shape index (κ1) is 22.0. The van der Waals surface area contributed by atoms with Crippen molar-refractivity contribution >= 4 is 17.5 Å². The van der Waals surface area contributed by atoms with Crippen molar-refractivity contribution in [2.45, 2.75) is 39.0 Å². The van der Waals surface area contributed by atoms with Crippen molar-refractivity contribution in [3.63, 3.8) is 0 Å². The zero-order valence-corrected chi connectivity index (χ0v) is 18.5. The predicted molar refractivity (Wildman–Crippen MR) is 122 cm³/mol. The highest BCUT2D eigenvalue weighted by Gasteiger charge is 2.35. The monoisotopic (exact) mass is 407 g/mol. The molecule has 0 aliphatic carbocycles. The molecule has 0 atom stereocenters. The largest absolute Gasteiger partial charge is 0.339 e. The van der Waals surface area contributed by atoms with Crippen molar-refractivity contribution in [1.82, 2.24) is 9.80 Å². The lowest BCUT2D eigenvalue weighted by Crippen LogP contribution is -2.54. The van der Waals surface area contributed by atoms with E-state index in [4.69, 9.17) is 0 Å². The Morgan fingerprint density at radius 1 is 0.933 bits per heavy atom. The number of anilines is 1. The van der Waals surface area contributed by atoms with Crippen LogP contribution in [0.5, 0.6) is 0 Å². The summed E-state index contributed by atoms with van der Waals surface area (Å²) in [6.45, 7) is 11.3. The average molecular weight is 408 g/mol. The molecule has 2 amide bonds. The standard InChI is InChI=1S/C25H33N3O2/c1-19(2)21-12-8-9-13-22(21)26-23(29)18-27-14-16-28(17-15-27)24(30)25(3,4)20-10-6-5-7-11-20/h5-13,19H,14-18H2,1-4H3,(H,26,29). The average Bonchev–Trinajstić information content (AvgIpc) is 2.74. The van der Waals surface area contributed by atoms with Gasteiger partial charge in [-0.05, 0) is 37.0 Å². The van der Waals surface area contributed by atoms with Crippen molar-refractivity contribution in [3.05, 3.63) is 65.7 Å². The van der Waals surface area contributed by atoms with E-state index in [1.807, 2.05) is 67.3 Å². The maximum atomic E-state index is 13.1. The molecule has 0 spiro atoms. The summed E-state index contributed by atoms with van der Waals surface area (Å²) < 4.78 is 0. The lowest BCUT2D eigenvalue weighted by molar-refractivity contribution is -0.138. The summed E-state index contributed by atoms with van der Waals surface area (Å²) in [6.07, 6.45) is 0. The molecule has 2 aromatic carbocycles. The Balaban J connectivity index is 1.53. The van der Waals surface area contributed by atoms with Crippen molar-refractivity contribution in [2.24, 2.45) is 0 Å². The molecule has 0 saturated carbocycles. The molecule has 1 saturated heterocycles. The number of benzene rings is 2. The minimum Gasteiger partial charge on any atom is -0.339 e. The molecule has 1 fully saturated rings. The quantitative estimate of drug-likeness (QED) is 0.791. The summed E-state index contributed by atoms with van der Waals surface area (Å²) in [5.41, 5.74) is 2.50.